The second-order valence-electron chi connectivity index (χ2n) is 7.33. The summed E-state index contributed by atoms with van der Waals surface area (Å²) in [4.78, 5) is 24.5. The van der Waals surface area contributed by atoms with E-state index in [1.165, 1.54) is 0 Å². The molecule has 2 unspecified atom stereocenters. The summed E-state index contributed by atoms with van der Waals surface area (Å²) in [5, 5.41) is 40.6. The smallest absolute Gasteiger partial charge is 0.232 e. The molecule has 2 aromatic carbocycles. The maximum Gasteiger partial charge on any atom is 0.232 e. The molecule has 0 amide bonds. The van der Waals surface area contributed by atoms with Crippen LogP contribution in [0.1, 0.15) is 22.3 Å². The normalized spacial score (nSPS) is 15.3. The minimum atomic E-state index is -1.99. The van der Waals surface area contributed by atoms with Gasteiger partial charge in [-0.25, -0.2) is 0 Å². The van der Waals surface area contributed by atoms with Crippen molar-refractivity contribution in [1.29, 1.82) is 0 Å². The number of ketones is 2. The van der Waals surface area contributed by atoms with Crippen molar-refractivity contribution < 1.29 is 30.0 Å². The fourth-order valence-corrected chi connectivity index (χ4v) is 4.03. The lowest BCUT2D eigenvalue weighted by Crippen LogP contribution is -2.47. The predicted octanol–water partition coefficient (Wildman–Crippen LogP) is 1.88. The molecule has 0 saturated heterocycles. The number of aryl methyl sites for hydroxylation is 2. The maximum atomic E-state index is 12.3. The molecule has 30 heavy (non-hydrogen) atoms. The third kappa shape index (κ3) is 6.54. The van der Waals surface area contributed by atoms with Crippen LogP contribution in [0.25, 0.3) is 0 Å². The van der Waals surface area contributed by atoms with Gasteiger partial charge in [-0.2, -0.15) is 0 Å². The first-order chi connectivity index (χ1) is 14.0. The number of carbonyl (C=O) groups is 2. The largest absolute Gasteiger partial charge is 0.390 e. The molecule has 2 aromatic rings. The van der Waals surface area contributed by atoms with E-state index in [0.29, 0.717) is 11.1 Å². The second kappa shape index (κ2) is 11.1. The first-order valence-corrected chi connectivity index (χ1v) is 11.5. The molecular weight excluding hydrogens is 614 g/mol. The monoisotopic (exact) mass is 638 g/mol. The first kappa shape index (κ1) is 25.3. The van der Waals surface area contributed by atoms with Gasteiger partial charge in [-0.3, -0.25) is 9.59 Å². The summed E-state index contributed by atoms with van der Waals surface area (Å²) in [7, 11) is 0. The summed E-state index contributed by atoms with van der Waals surface area (Å²) in [5.41, 5.74) is 3.51. The summed E-state index contributed by atoms with van der Waals surface area (Å²) >= 11 is 4.28. The zero-order valence-corrected chi connectivity index (χ0v) is 20.9. The number of aliphatic hydroxyl groups excluding tert-OH is 4. The molecule has 6 nitrogen and oxygen atoms in total. The minimum Gasteiger partial charge on any atom is -0.390 e. The van der Waals surface area contributed by atoms with Crippen molar-refractivity contribution in [2.24, 2.45) is 0 Å². The van der Waals surface area contributed by atoms with Crippen LogP contribution >= 0.6 is 45.2 Å². The number of rotatable bonds is 9. The number of halogens is 2. The van der Waals surface area contributed by atoms with E-state index < -0.39 is 36.0 Å². The van der Waals surface area contributed by atoms with Crippen LogP contribution in [0.2, 0.25) is 0 Å². The molecule has 4 N–H and O–H groups in total. The molecule has 0 aliphatic rings. The van der Waals surface area contributed by atoms with Gasteiger partial charge >= 0.3 is 0 Å². The Morgan fingerprint density at radius 1 is 0.733 bits per heavy atom. The van der Waals surface area contributed by atoms with E-state index >= 15 is 0 Å². The summed E-state index contributed by atoms with van der Waals surface area (Å²) < 4.78 is 1.94. The Labute approximate surface area is 202 Å². The molecule has 0 fully saturated rings. The van der Waals surface area contributed by atoms with E-state index in [0.717, 1.165) is 18.3 Å². The highest BCUT2D eigenvalue weighted by molar-refractivity contribution is 14.1. The average molecular weight is 638 g/mol. The Balaban J connectivity index is 2.00. The molecule has 0 saturated carbocycles. The van der Waals surface area contributed by atoms with Crippen molar-refractivity contribution in [2.75, 3.05) is 0 Å². The molecule has 4 atom stereocenters. The molecule has 162 valence electrons. The second-order valence-corrected chi connectivity index (χ2v) is 9.65. The van der Waals surface area contributed by atoms with E-state index in [2.05, 4.69) is 45.2 Å². The summed E-state index contributed by atoms with van der Waals surface area (Å²) in [6.07, 6.45) is -7.06. The molecule has 0 aliphatic carbocycles. The van der Waals surface area contributed by atoms with Gasteiger partial charge in [0.1, 0.15) is 12.2 Å². The van der Waals surface area contributed by atoms with Crippen LogP contribution in [-0.2, 0) is 22.4 Å². The van der Waals surface area contributed by atoms with Crippen LogP contribution in [-0.4, -0.2) is 56.4 Å². The van der Waals surface area contributed by atoms with Gasteiger partial charge in [0.05, 0.1) is 12.2 Å². The third-order valence-electron chi connectivity index (χ3n) is 4.87. The fourth-order valence-electron chi connectivity index (χ4n) is 2.87. The van der Waals surface area contributed by atoms with Crippen molar-refractivity contribution in [1.82, 2.24) is 0 Å². The number of Topliss-reactive ketones (excluding diaryl/α,β-unsaturated/α-hetero) is 2. The van der Waals surface area contributed by atoms with E-state index in [1.54, 1.807) is 12.1 Å². The van der Waals surface area contributed by atoms with Crippen molar-refractivity contribution in [3.05, 3.63) is 65.8 Å². The molecule has 0 radical (unpaired) electrons. The molecule has 8 heteroatoms. The van der Waals surface area contributed by atoms with Crippen LogP contribution in [0, 0.1) is 21.0 Å². The quantitative estimate of drug-likeness (QED) is 0.247. The standard InChI is InChI=1S/C22H24I2O6/c1-11-3-5-13(7-15(11)23)9-17(25)19(27)21(29)22(30)20(28)18(26)10-14-6-4-12(2)16(24)8-14/h3-8,17-20,25-28H,9-10H2,1-2H3/t17?,18?,19-,20+. The zero-order valence-electron chi connectivity index (χ0n) is 16.5. The van der Waals surface area contributed by atoms with Crippen LogP contribution in [0.3, 0.4) is 0 Å². The van der Waals surface area contributed by atoms with Gasteiger partial charge < -0.3 is 20.4 Å². The Bertz CT molecular complexity index is 854. The average Bonchev–Trinajstić information content (AvgIpc) is 2.71. The van der Waals surface area contributed by atoms with Gasteiger partial charge in [-0.1, -0.05) is 24.3 Å². The number of benzene rings is 2. The van der Waals surface area contributed by atoms with Gasteiger partial charge in [-0.05, 0) is 93.4 Å². The van der Waals surface area contributed by atoms with Crippen molar-refractivity contribution >= 4 is 56.7 Å². The Morgan fingerprint density at radius 2 is 1.07 bits per heavy atom. The Morgan fingerprint density at radius 3 is 1.37 bits per heavy atom. The maximum absolute atomic E-state index is 12.3. The van der Waals surface area contributed by atoms with Crippen LogP contribution in [0.15, 0.2) is 36.4 Å². The molecule has 0 aliphatic heterocycles. The SMILES string of the molecule is Cc1ccc(CC(O)[C@H](O)C(=O)C(=O)[C@H](O)C(O)Cc2ccc(C)c(I)c2)cc1I. The van der Waals surface area contributed by atoms with Gasteiger partial charge in [0, 0.05) is 20.0 Å². The first-order valence-electron chi connectivity index (χ1n) is 9.31. The van der Waals surface area contributed by atoms with Crippen molar-refractivity contribution in [3.8, 4) is 0 Å². The summed E-state index contributed by atoms with van der Waals surface area (Å²) in [5.74, 6) is -2.65. The van der Waals surface area contributed by atoms with Crippen molar-refractivity contribution in [2.45, 2.75) is 51.1 Å². The van der Waals surface area contributed by atoms with Gasteiger partial charge in [-0.15, -0.1) is 0 Å². The number of hydrogen-bond donors (Lipinski definition) is 4. The number of hydrogen-bond acceptors (Lipinski definition) is 6. The van der Waals surface area contributed by atoms with Crippen LogP contribution in [0.4, 0.5) is 0 Å². The molecule has 0 bridgehead atoms. The van der Waals surface area contributed by atoms with E-state index in [9.17, 15) is 30.0 Å². The van der Waals surface area contributed by atoms with Gasteiger partial charge in [0.15, 0.2) is 0 Å². The topological polar surface area (TPSA) is 115 Å². The lowest BCUT2D eigenvalue weighted by Gasteiger charge is -2.20. The van der Waals surface area contributed by atoms with Crippen LogP contribution < -0.4 is 0 Å². The number of carbonyl (C=O) groups excluding carboxylic acids is 2. The molecule has 0 aromatic heterocycles. The zero-order chi connectivity index (χ0) is 22.6. The Hall–Kier alpha value is -0.920. The Kier molecular flexibility index (Phi) is 9.37. The van der Waals surface area contributed by atoms with Gasteiger partial charge in [0.25, 0.3) is 0 Å². The highest BCUT2D eigenvalue weighted by Gasteiger charge is 2.36. The lowest BCUT2D eigenvalue weighted by atomic mass is 9.94. The highest BCUT2D eigenvalue weighted by atomic mass is 127. The summed E-state index contributed by atoms with van der Waals surface area (Å²) in [6.45, 7) is 3.87. The lowest BCUT2D eigenvalue weighted by molar-refractivity contribution is -0.152. The van der Waals surface area contributed by atoms with Gasteiger partial charge in [0.2, 0.25) is 11.6 Å². The van der Waals surface area contributed by atoms with E-state index in [4.69, 9.17) is 0 Å². The van der Waals surface area contributed by atoms with Crippen LogP contribution in [0.5, 0.6) is 0 Å². The summed E-state index contributed by atoms with van der Waals surface area (Å²) in [6, 6.07) is 10.9. The minimum absolute atomic E-state index is 0.0308. The molecular formula is C22H24I2O6. The predicted molar refractivity (Wildman–Crippen MR) is 129 cm³/mol. The van der Waals surface area contributed by atoms with Crippen molar-refractivity contribution in [3.63, 3.8) is 0 Å². The van der Waals surface area contributed by atoms with E-state index in [-0.39, 0.29) is 12.8 Å². The van der Waals surface area contributed by atoms with E-state index in [1.807, 2.05) is 38.1 Å². The fraction of sp³-hybridized carbons (Fsp3) is 0.364. The third-order valence-corrected chi connectivity index (χ3v) is 7.20. The molecule has 0 heterocycles. The molecule has 2 rings (SSSR count). The number of aliphatic hydroxyl groups is 4. The molecule has 0 spiro atoms. The highest BCUT2D eigenvalue weighted by Crippen LogP contribution is 2.18.